The standard InChI is InChI=1S/C21H19BrN2O3/c1-27-18-8-3-2-5-14(18)15-11-20(26)24(19-10-9-13(22)12-23-19)16-6-4-7-17(25)21(15)16/h2-3,5,8-10,12,15H,4,6-7,11H2,1H3. The first kappa shape index (κ1) is 17.9. The summed E-state index contributed by atoms with van der Waals surface area (Å²) in [5.41, 5.74) is 2.41. The van der Waals surface area contributed by atoms with E-state index in [1.165, 1.54) is 0 Å². The van der Waals surface area contributed by atoms with Gasteiger partial charge in [-0.15, -0.1) is 0 Å². The van der Waals surface area contributed by atoms with Crippen molar-refractivity contribution in [3.63, 3.8) is 0 Å². The fourth-order valence-electron chi connectivity index (χ4n) is 3.98. The molecule has 1 aromatic carbocycles. The minimum Gasteiger partial charge on any atom is -0.496 e. The van der Waals surface area contributed by atoms with Crippen molar-refractivity contribution >= 4 is 33.4 Å². The van der Waals surface area contributed by atoms with E-state index < -0.39 is 0 Å². The quantitative estimate of drug-likeness (QED) is 0.730. The molecular weight excluding hydrogens is 408 g/mol. The molecule has 4 rings (SSSR count). The van der Waals surface area contributed by atoms with Gasteiger partial charge in [0.05, 0.1) is 7.11 Å². The number of hydrogen-bond acceptors (Lipinski definition) is 4. The molecule has 5 nitrogen and oxygen atoms in total. The number of anilines is 1. The van der Waals surface area contributed by atoms with Crippen LogP contribution >= 0.6 is 15.9 Å². The zero-order valence-electron chi connectivity index (χ0n) is 14.9. The summed E-state index contributed by atoms with van der Waals surface area (Å²) in [6, 6.07) is 11.3. The van der Waals surface area contributed by atoms with Crippen LogP contribution in [0.3, 0.4) is 0 Å². The molecule has 0 radical (unpaired) electrons. The summed E-state index contributed by atoms with van der Waals surface area (Å²) in [7, 11) is 1.61. The summed E-state index contributed by atoms with van der Waals surface area (Å²) in [6.07, 6.45) is 3.84. The lowest BCUT2D eigenvalue weighted by atomic mass is 9.77. The average Bonchev–Trinajstić information content (AvgIpc) is 2.68. The van der Waals surface area contributed by atoms with Crippen LogP contribution in [0.25, 0.3) is 0 Å². The number of hydrogen-bond donors (Lipinski definition) is 0. The van der Waals surface area contributed by atoms with Crippen molar-refractivity contribution in [1.29, 1.82) is 0 Å². The normalized spacial score (nSPS) is 19.9. The number of carbonyl (C=O) groups excluding carboxylic acids is 2. The van der Waals surface area contributed by atoms with E-state index in [1.807, 2.05) is 30.3 Å². The van der Waals surface area contributed by atoms with E-state index in [4.69, 9.17) is 4.74 Å². The number of carbonyl (C=O) groups is 2. The smallest absolute Gasteiger partial charge is 0.233 e. The van der Waals surface area contributed by atoms with Gasteiger partial charge in [-0.1, -0.05) is 18.2 Å². The first-order valence-corrected chi connectivity index (χ1v) is 9.73. The largest absolute Gasteiger partial charge is 0.496 e. The second kappa shape index (κ2) is 7.27. The van der Waals surface area contributed by atoms with E-state index in [1.54, 1.807) is 24.3 Å². The van der Waals surface area contributed by atoms with Crippen LogP contribution in [0.2, 0.25) is 0 Å². The number of para-hydroxylation sites is 1. The first-order chi connectivity index (χ1) is 13.1. The fraction of sp³-hybridized carbons (Fsp3) is 0.286. The SMILES string of the molecule is COc1ccccc1C1CC(=O)N(c2ccc(Br)cn2)C2=C1C(=O)CCC2. The number of methoxy groups -OCH3 is 1. The number of rotatable bonds is 3. The zero-order valence-corrected chi connectivity index (χ0v) is 16.5. The molecule has 138 valence electrons. The Balaban J connectivity index is 1.87. The summed E-state index contributed by atoms with van der Waals surface area (Å²) in [5.74, 6) is 1.05. The Hall–Kier alpha value is -2.47. The van der Waals surface area contributed by atoms with Crippen molar-refractivity contribution < 1.29 is 14.3 Å². The van der Waals surface area contributed by atoms with Gasteiger partial charge in [0.25, 0.3) is 0 Å². The Labute approximate surface area is 166 Å². The van der Waals surface area contributed by atoms with Gasteiger partial charge in [0, 0.05) is 46.3 Å². The van der Waals surface area contributed by atoms with Crippen LogP contribution in [0, 0.1) is 0 Å². The lowest BCUT2D eigenvalue weighted by molar-refractivity contribution is -0.120. The Kier molecular flexibility index (Phi) is 4.83. The van der Waals surface area contributed by atoms with Gasteiger partial charge in [-0.3, -0.25) is 14.5 Å². The highest BCUT2D eigenvalue weighted by molar-refractivity contribution is 9.10. The van der Waals surface area contributed by atoms with Gasteiger partial charge in [-0.05, 0) is 47.0 Å². The molecule has 0 fully saturated rings. The Morgan fingerprint density at radius 1 is 1.15 bits per heavy atom. The van der Waals surface area contributed by atoms with Gasteiger partial charge in [-0.25, -0.2) is 4.98 Å². The van der Waals surface area contributed by atoms with Crippen molar-refractivity contribution in [2.24, 2.45) is 0 Å². The second-order valence-corrected chi connectivity index (χ2v) is 7.62. The summed E-state index contributed by atoms with van der Waals surface area (Å²) in [6.45, 7) is 0. The van der Waals surface area contributed by atoms with Gasteiger partial charge in [0.1, 0.15) is 11.6 Å². The number of halogens is 1. The predicted octanol–water partition coefficient (Wildman–Crippen LogP) is 4.38. The number of pyridine rings is 1. The van der Waals surface area contributed by atoms with Crippen LogP contribution in [0.5, 0.6) is 5.75 Å². The molecule has 0 saturated carbocycles. The van der Waals surface area contributed by atoms with E-state index in [9.17, 15) is 9.59 Å². The Morgan fingerprint density at radius 2 is 1.96 bits per heavy atom. The van der Waals surface area contributed by atoms with Gasteiger partial charge < -0.3 is 4.74 Å². The van der Waals surface area contributed by atoms with Crippen LogP contribution in [-0.2, 0) is 9.59 Å². The molecule has 27 heavy (non-hydrogen) atoms. The van der Waals surface area contributed by atoms with Gasteiger partial charge >= 0.3 is 0 Å². The molecule has 0 saturated heterocycles. The molecule has 0 bridgehead atoms. The second-order valence-electron chi connectivity index (χ2n) is 6.70. The van der Waals surface area contributed by atoms with E-state index >= 15 is 0 Å². The highest BCUT2D eigenvalue weighted by Crippen LogP contribution is 2.45. The molecule has 2 aliphatic rings. The lowest BCUT2D eigenvalue weighted by Gasteiger charge is -2.38. The molecule has 1 atom stereocenters. The lowest BCUT2D eigenvalue weighted by Crippen LogP contribution is -2.41. The molecule has 1 aromatic heterocycles. The molecule has 1 aliphatic carbocycles. The Bertz CT molecular complexity index is 937. The molecule has 1 aliphatic heterocycles. The van der Waals surface area contributed by atoms with E-state index in [0.717, 1.165) is 27.7 Å². The van der Waals surface area contributed by atoms with Crippen LogP contribution in [0.15, 0.2) is 58.3 Å². The molecule has 0 N–H and O–H groups in total. The zero-order chi connectivity index (χ0) is 19.0. The minimum atomic E-state index is -0.275. The Morgan fingerprint density at radius 3 is 2.70 bits per heavy atom. The maximum absolute atomic E-state index is 13.1. The monoisotopic (exact) mass is 426 g/mol. The summed E-state index contributed by atoms with van der Waals surface area (Å²) < 4.78 is 6.34. The number of aromatic nitrogens is 1. The molecule has 1 unspecified atom stereocenters. The third kappa shape index (κ3) is 3.18. The molecule has 2 aromatic rings. The van der Waals surface area contributed by atoms with Crippen LogP contribution in [-0.4, -0.2) is 23.8 Å². The molecule has 0 spiro atoms. The van der Waals surface area contributed by atoms with E-state index in [-0.39, 0.29) is 24.0 Å². The highest BCUT2D eigenvalue weighted by atomic mass is 79.9. The number of ether oxygens (including phenoxy) is 1. The summed E-state index contributed by atoms with van der Waals surface area (Å²) >= 11 is 3.37. The molecule has 1 amide bonds. The molecule has 2 heterocycles. The highest BCUT2D eigenvalue weighted by Gasteiger charge is 2.40. The first-order valence-electron chi connectivity index (χ1n) is 8.94. The average molecular weight is 427 g/mol. The maximum atomic E-state index is 13.1. The number of benzene rings is 1. The number of Topliss-reactive ketones (excluding diaryl/α,β-unsaturated/α-hetero) is 1. The van der Waals surface area contributed by atoms with Crippen LogP contribution < -0.4 is 9.64 Å². The van der Waals surface area contributed by atoms with Crippen molar-refractivity contribution in [1.82, 2.24) is 4.98 Å². The van der Waals surface area contributed by atoms with Crippen LogP contribution in [0.4, 0.5) is 5.82 Å². The minimum absolute atomic E-state index is 0.0471. The van der Waals surface area contributed by atoms with Crippen molar-refractivity contribution in [2.45, 2.75) is 31.6 Å². The number of nitrogens with zero attached hydrogens (tertiary/aromatic N) is 2. The third-order valence-corrected chi connectivity index (χ3v) is 5.60. The number of allylic oxidation sites excluding steroid dienone is 2. The van der Waals surface area contributed by atoms with Gasteiger partial charge in [-0.2, -0.15) is 0 Å². The predicted molar refractivity (Wildman–Crippen MR) is 106 cm³/mol. The third-order valence-electron chi connectivity index (χ3n) is 5.13. The summed E-state index contributed by atoms with van der Waals surface area (Å²) in [4.78, 5) is 32.0. The van der Waals surface area contributed by atoms with Crippen molar-refractivity contribution in [3.05, 3.63) is 63.9 Å². The van der Waals surface area contributed by atoms with Gasteiger partial charge in [0.2, 0.25) is 5.91 Å². The molecule has 6 heteroatoms. The van der Waals surface area contributed by atoms with Gasteiger partial charge in [0.15, 0.2) is 5.78 Å². The van der Waals surface area contributed by atoms with Crippen LogP contribution in [0.1, 0.15) is 37.2 Å². The van der Waals surface area contributed by atoms with Crippen molar-refractivity contribution in [3.8, 4) is 5.75 Å². The molecular formula is C21H19BrN2O3. The number of amides is 1. The van der Waals surface area contributed by atoms with Crippen molar-refractivity contribution in [2.75, 3.05) is 12.0 Å². The topological polar surface area (TPSA) is 59.5 Å². The van der Waals surface area contributed by atoms with E-state index in [2.05, 4.69) is 20.9 Å². The fourth-order valence-corrected chi connectivity index (χ4v) is 4.21. The maximum Gasteiger partial charge on any atom is 0.233 e. The van der Waals surface area contributed by atoms with E-state index in [0.29, 0.717) is 24.4 Å². The number of ketones is 1. The summed E-state index contributed by atoms with van der Waals surface area (Å²) in [5, 5.41) is 0.